The fourth-order valence-corrected chi connectivity index (χ4v) is 10.5. The molecule has 5 aromatic rings. The topological polar surface area (TPSA) is 183 Å². The summed E-state index contributed by atoms with van der Waals surface area (Å²) in [4.78, 5) is 71.7. The molecule has 2 bridgehead atoms. The highest BCUT2D eigenvalue weighted by molar-refractivity contribution is 6.04. The van der Waals surface area contributed by atoms with Crippen LogP contribution in [0.2, 0.25) is 0 Å². The van der Waals surface area contributed by atoms with Gasteiger partial charge in [0.2, 0.25) is 17.8 Å². The first-order valence-corrected chi connectivity index (χ1v) is 22.8. The summed E-state index contributed by atoms with van der Waals surface area (Å²) in [6.07, 6.45) is 12.5. The number of piperazine rings is 1. The molecule has 3 aromatic heterocycles. The lowest BCUT2D eigenvalue weighted by atomic mass is 9.76. The Morgan fingerprint density at radius 1 is 0.877 bits per heavy atom. The molecule has 1 spiro atoms. The highest BCUT2D eigenvalue weighted by atomic mass is 19.1. The SMILES string of the molecule is C[C@@]1(O)CC/C=C\Cn2c(=O)c3cnc(Nc4ccc(N5CCN(C6CCC7(CCN(c8cc(F)cc(C(=O)NC9CCC(=O)NC9=O)c8)CC7)C6)CC5)cc4)nc3n2-c2cccc1n2. The molecule has 5 aliphatic rings. The average Bonchev–Trinajstić information content (AvgIpc) is 3.84. The maximum Gasteiger partial charge on any atom is 0.278 e. The predicted octanol–water partition coefficient (Wildman–Crippen LogP) is 4.91. The Morgan fingerprint density at radius 2 is 1.66 bits per heavy atom. The van der Waals surface area contributed by atoms with Crippen LogP contribution in [0.1, 0.15) is 80.8 Å². The largest absolute Gasteiger partial charge is 0.384 e. The van der Waals surface area contributed by atoms with Crippen molar-refractivity contribution in [3.05, 3.63) is 106 Å². The number of nitrogens with zero attached hydrogens (tertiary/aromatic N) is 8. The molecule has 3 atom stereocenters. The Balaban J connectivity index is 0.738. The molecule has 0 radical (unpaired) electrons. The number of anilines is 4. The number of fused-ring (bicyclic) bond motifs is 6. The van der Waals surface area contributed by atoms with Crippen LogP contribution in [0.4, 0.5) is 27.4 Å². The number of pyridine rings is 1. The van der Waals surface area contributed by atoms with E-state index < -0.39 is 29.3 Å². The summed E-state index contributed by atoms with van der Waals surface area (Å²) in [6.45, 7) is 7.48. The smallest absolute Gasteiger partial charge is 0.278 e. The van der Waals surface area contributed by atoms with Crippen molar-refractivity contribution in [1.29, 1.82) is 0 Å². The van der Waals surface area contributed by atoms with Gasteiger partial charge in [-0.25, -0.2) is 23.7 Å². The van der Waals surface area contributed by atoms with Gasteiger partial charge in [0.1, 0.15) is 22.8 Å². The third-order valence-electron chi connectivity index (χ3n) is 14.3. The van der Waals surface area contributed by atoms with Crippen LogP contribution in [0.3, 0.4) is 0 Å². The van der Waals surface area contributed by atoms with Gasteiger partial charge >= 0.3 is 0 Å². The molecule has 7 heterocycles. The van der Waals surface area contributed by atoms with Crippen LogP contribution in [0.25, 0.3) is 16.9 Å². The minimum absolute atomic E-state index is 0.147. The first-order chi connectivity index (χ1) is 31.4. The van der Waals surface area contributed by atoms with E-state index in [4.69, 9.17) is 9.97 Å². The van der Waals surface area contributed by atoms with Crippen LogP contribution < -0.4 is 31.3 Å². The quantitative estimate of drug-likeness (QED) is 0.128. The molecule has 4 N–H and O–H groups in total. The Bertz CT molecular complexity index is 2730. The molecule has 17 heteroatoms. The molecule has 4 aliphatic heterocycles. The summed E-state index contributed by atoms with van der Waals surface area (Å²) >= 11 is 0. The van der Waals surface area contributed by atoms with Crippen molar-refractivity contribution >= 4 is 51.8 Å². The van der Waals surface area contributed by atoms with Gasteiger partial charge < -0.3 is 25.5 Å². The number of halogens is 1. The van der Waals surface area contributed by atoms with Crippen LogP contribution in [-0.2, 0) is 21.7 Å². The molecule has 338 valence electrons. The van der Waals surface area contributed by atoms with E-state index in [9.17, 15) is 28.7 Å². The number of aromatic nitrogens is 5. The number of aliphatic hydroxyl groups is 1. The Kier molecular flexibility index (Phi) is 11.2. The maximum absolute atomic E-state index is 14.8. The Labute approximate surface area is 375 Å². The van der Waals surface area contributed by atoms with E-state index >= 15 is 0 Å². The summed E-state index contributed by atoms with van der Waals surface area (Å²) < 4.78 is 18.2. The van der Waals surface area contributed by atoms with Gasteiger partial charge in [0.15, 0.2) is 11.5 Å². The predicted molar refractivity (Wildman–Crippen MR) is 244 cm³/mol. The van der Waals surface area contributed by atoms with Crippen molar-refractivity contribution in [3.63, 3.8) is 0 Å². The fraction of sp³-hybridized carbons (Fsp3) is 0.438. The Morgan fingerprint density at radius 3 is 2.45 bits per heavy atom. The second kappa shape index (κ2) is 17.2. The standard InChI is InChI=1S/C48H54FN11O5/c1-47(65)15-3-2-4-19-59-45(64)37-30-50-46(55-42(37)60(59)40-7-5-6-39(47)53-40)51-33-8-10-34(11-9-33)57-22-24-58(25-23-57)35-14-16-48(29-35)17-20-56(21-18-48)36-27-31(26-32(49)28-36)43(62)52-38-12-13-41(61)54-44(38)63/h2,4-11,26-28,30,35,38,65H,3,12-25,29H2,1H3,(H,52,62)(H,50,51,55)(H,54,61,63)/b4-2-/t35?,38?,47-/m1/s1. The van der Waals surface area contributed by atoms with Crippen molar-refractivity contribution < 1.29 is 23.9 Å². The van der Waals surface area contributed by atoms with Crippen molar-refractivity contribution in [1.82, 2.24) is 39.8 Å². The van der Waals surface area contributed by atoms with Gasteiger partial charge in [-0.15, -0.1) is 0 Å². The molecule has 1 saturated carbocycles. The van der Waals surface area contributed by atoms with Crippen LogP contribution in [0, 0.1) is 11.2 Å². The highest BCUT2D eigenvalue weighted by Gasteiger charge is 2.43. The van der Waals surface area contributed by atoms with Gasteiger partial charge in [0, 0.05) is 80.6 Å². The molecule has 65 heavy (non-hydrogen) atoms. The lowest BCUT2D eigenvalue weighted by Gasteiger charge is -2.42. The Hall–Kier alpha value is -6.46. The van der Waals surface area contributed by atoms with Crippen molar-refractivity contribution in [2.75, 3.05) is 54.4 Å². The monoisotopic (exact) mass is 883 g/mol. The number of nitrogens with one attached hydrogen (secondary N) is 3. The van der Waals surface area contributed by atoms with E-state index in [0.29, 0.717) is 59.6 Å². The summed E-state index contributed by atoms with van der Waals surface area (Å²) in [7, 11) is 0. The number of amides is 3. The van der Waals surface area contributed by atoms with Gasteiger partial charge in [0.05, 0.1) is 12.2 Å². The molecule has 1 aliphatic carbocycles. The minimum Gasteiger partial charge on any atom is -0.384 e. The van der Waals surface area contributed by atoms with E-state index in [-0.39, 0.29) is 35.3 Å². The minimum atomic E-state index is -1.13. The second-order valence-electron chi connectivity index (χ2n) is 18.5. The average molecular weight is 884 g/mol. The normalized spacial score (nSPS) is 24.0. The molecular weight excluding hydrogens is 830 g/mol. The number of rotatable bonds is 7. The van der Waals surface area contributed by atoms with Gasteiger partial charge in [-0.05, 0) is 118 Å². The zero-order valence-corrected chi connectivity index (χ0v) is 36.5. The van der Waals surface area contributed by atoms with Crippen LogP contribution in [-0.4, -0.2) is 103 Å². The van der Waals surface area contributed by atoms with Crippen LogP contribution in [0.5, 0.6) is 0 Å². The van der Waals surface area contributed by atoms with Gasteiger partial charge in [-0.1, -0.05) is 18.2 Å². The van der Waals surface area contributed by atoms with Crippen LogP contribution >= 0.6 is 0 Å². The van der Waals surface area contributed by atoms with Crippen molar-refractivity contribution in [2.24, 2.45) is 5.41 Å². The third kappa shape index (κ3) is 8.61. The number of imide groups is 1. The number of hydrogen-bond donors (Lipinski definition) is 4. The van der Waals surface area contributed by atoms with E-state index in [1.165, 1.54) is 25.0 Å². The number of piperidine rings is 2. The van der Waals surface area contributed by atoms with Crippen LogP contribution in [0.15, 0.2) is 83.8 Å². The number of carbonyl (C=O) groups excluding carboxylic acids is 3. The lowest BCUT2D eigenvalue weighted by Crippen LogP contribution is -2.52. The molecule has 3 saturated heterocycles. The summed E-state index contributed by atoms with van der Waals surface area (Å²) in [6, 6.07) is 17.8. The lowest BCUT2D eigenvalue weighted by molar-refractivity contribution is -0.134. The van der Waals surface area contributed by atoms with Crippen molar-refractivity contribution in [2.45, 2.75) is 88.9 Å². The molecular formula is C48H54FN11O5. The molecule has 3 amide bonds. The van der Waals surface area contributed by atoms with E-state index in [1.807, 2.05) is 36.4 Å². The molecule has 2 aromatic carbocycles. The molecule has 10 rings (SSSR count). The highest BCUT2D eigenvalue weighted by Crippen LogP contribution is 2.48. The molecule has 16 nitrogen and oxygen atoms in total. The number of benzene rings is 2. The third-order valence-corrected chi connectivity index (χ3v) is 14.3. The van der Waals surface area contributed by atoms with E-state index in [2.05, 4.69) is 47.8 Å². The zero-order chi connectivity index (χ0) is 44.9. The zero-order valence-electron chi connectivity index (χ0n) is 36.5. The van der Waals surface area contributed by atoms with Crippen molar-refractivity contribution in [3.8, 4) is 5.82 Å². The number of hydrogen-bond acceptors (Lipinski definition) is 12. The summed E-state index contributed by atoms with van der Waals surface area (Å²) in [5.74, 6) is -1.09. The molecule has 4 fully saturated rings. The van der Waals surface area contributed by atoms with E-state index in [0.717, 1.165) is 69.9 Å². The van der Waals surface area contributed by atoms with E-state index in [1.54, 1.807) is 34.6 Å². The number of allylic oxidation sites excluding steroid dienone is 2. The molecule has 2 unspecified atom stereocenters. The first-order valence-electron chi connectivity index (χ1n) is 22.8. The van der Waals surface area contributed by atoms with Gasteiger partial charge in [-0.3, -0.25) is 29.4 Å². The van der Waals surface area contributed by atoms with Gasteiger partial charge in [0.25, 0.3) is 11.5 Å². The second-order valence-corrected chi connectivity index (χ2v) is 18.5. The first kappa shape index (κ1) is 42.5. The maximum atomic E-state index is 14.8. The van der Waals surface area contributed by atoms with Gasteiger partial charge in [-0.2, -0.15) is 4.98 Å². The number of carbonyl (C=O) groups is 3. The summed E-state index contributed by atoms with van der Waals surface area (Å²) in [5, 5.41) is 19.8. The summed E-state index contributed by atoms with van der Waals surface area (Å²) in [5.41, 5.74) is 2.66. The fourth-order valence-electron chi connectivity index (χ4n) is 10.5.